The number of nitrogens with one attached hydrogen (secondary N) is 1. The lowest BCUT2D eigenvalue weighted by molar-refractivity contribution is 0.0996. The number of nitrogens with two attached hydrogens (primary N) is 2. The van der Waals surface area contributed by atoms with Gasteiger partial charge in [-0.25, -0.2) is 9.97 Å². The Morgan fingerprint density at radius 2 is 2.00 bits per heavy atom. The number of nitrogens with zero attached hydrogens (tertiary/aromatic N) is 5. The average molecular weight is 454 g/mol. The Morgan fingerprint density at radius 1 is 1.15 bits per heavy atom. The van der Waals surface area contributed by atoms with Crippen molar-refractivity contribution in [2.24, 2.45) is 12.8 Å². The zero-order chi connectivity index (χ0) is 23.8. The number of aromatic nitrogens is 6. The van der Waals surface area contributed by atoms with E-state index in [0.29, 0.717) is 22.8 Å². The Hall–Kier alpha value is -4.73. The van der Waals surface area contributed by atoms with Gasteiger partial charge in [-0.15, -0.1) is 0 Å². The summed E-state index contributed by atoms with van der Waals surface area (Å²) in [5, 5.41) is 12.3. The molecule has 0 bridgehead atoms. The summed E-state index contributed by atoms with van der Waals surface area (Å²) in [5.74, 6) is -0.322. The van der Waals surface area contributed by atoms with Crippen LogP contribution in [0.15, 0.2) is 54.9 Å². The second-order valence-corrected chi connectivity index (χ2v) is 7.90. The normalized spacial score (nSPS) is 11.1. The summed E-state index contributed by atoms with van der Waals surface area (Å²) in [5.41, 5.74) is 17.2. The Labute approximate surface area is 194 Å². The van der Waals surface area contributed by atoms with Crippen molar-refractivity contribution >= 4 is 22.5 Å². The fourth-order valence-electron chi connectivity index (χ4n) is 3.89. The van der Waals surface area contributed by atoms with E-state index in [1.165, 1.54) is 0 Å². The second-order valence-electron chi connectivity index (χ2n) is 7.90. The van der Waals surface area contributed by atoms with Crippen molar-refractivity contribution in [3.63, 3.8) is 0 Å². The van der Waals surface area contributed by atoms with E-state index in [4.69, 9.17) is 16.2 Å². The molecule has 0 aliphatic heterocycles. The van der Waals surface area contributed by atoms with Gasteiger partial charge in [-0.05, 0) is 42.3 Å². The van der Waals surface area contributed by atoms with Crippen LogP contribution in [0.1, 0.15) is 21.7 Å². The molecule has 0 saturated heterocycles. The van der Waals surface area contributed by atoms with Crippen LogP contribution in [0.25, 0.3) is 33.4 Å². The highest BCUT2D eigenvalue weighted by atomic mass is 16.5. The molecule has 0 aliphatic carbocycles. The van der Waals surface area contributed by atoms with Gasteiger partial charge in [0, 0.05) is 30.3 Å². The zero-order valence-corrected chi connectivity index (χ0v) is 18.6. The maximum absolute atomic E-state index is 12.2. The molecule has 0 saturated carbocycles. The van der Waals surface area contributed by atoms with Crippen molar-refractivity contribution in [3.8, 4) is 28.4 Å². The maximum atomic E-state index is 12.2. The first-order valence-electron chi connectivity index (χ1n) is 10.5. The van der Waals surface area contributed by atoms with E-state index in [9.17, 15) is 4.79 Å². The molecule has 170 valence electrons. The van der Waals surface area contributed by atoms with Crippen LogP contribution in [0, 0.1) is 6.92 Å². The third kappa shape index (κ3) is 3.81. The number of ether oxygens (including phenoxy) is 1. The smallest absolute Gasteiger partial charge is 0.269 e. The van der Waals surface area contributed by atoms with Gasteiger partial charge in [0.1, 0.15) is 6.61 Å². The molecule has 10 heteroatoms. The number of nitrogen functional groups attached to an aromatic ring is 1. The minimum Gasteiger partial charge on any atom is -0.471 e. The molecular formula is C24H22N8O2. The fraction of sp³-hybridized carbons (Fsp3) is 0.125. The Morgan fingerprint density at radius 3 is 2.76 bits per heavy atom. The number of pyridine rings is 2. The van der Waals surface area contributed by atoms with Crippen LogP contribution in [0.2, 0.25) is 0 Å². The van der Waals surface area contributed by atoms with Crippen LogP contribution in [0.3, 0.4) is 0 Å². The number of aromatic amines is 1. The predicted octanol–water partition coefficient (Wildman–Crippen LogP) is 2.99. The van der Waals surface area contributed by atoms with Crippen molar-refractivity contribution in [2.45, 2.75) is 13.5 Å². The molecular weight excluding hydrogens is 432 g/mol. The molecule has 4 heterocycles. The lowest BCUT2D eigenvalue weighted by Crippen LogP contribution is -2.17. The number of amides is 1. The molecule has 1 aromatic carbocycles. The number of carbonyl (C=O) groups is 1. The molecule has 34 heavy (non-hydrogen) atoms. The molecule has 0 atom stereocenters. The number of fused-ring (bicyclic) bond motifs is 1. The summed E-state index contributed by atoms with van der Waals surface area (Å²) < 4.78 is 7.51. The van der Waals surface area contributed by atoms with Crippen molar-refractivity contribution in [1.29, 1.82) is 0 Å². The summed E-state index contributed by atoms with van der Waals surface area (Å²) in [6.07, 6.45) is 3.57. The fourth-order valence-corrected chi connectivity index (χ4v) is 3.89. The van der Waals surface area contributed by atoms with Gasteiger partial charge in [0.15, 0.2) is 5.69 Å². The van der Waals surface area contributed by atoms with Gasteiger partial charge in [-0.2, -0.15) is 10.2 Å². The van der Waals surface area contributed by atoms with Crippen molar-refractivity contribution in [2.75, 3.05) is 5.73 Å². The summed E-state index contributed by atoms with van der Waals surface area (Å²) in [6.45, 7) is 2.24. The monoisotopic (exact) mass is 454 g/mol. The average Bonchev–Trinajstić information content (AvgIpc) is 3.47. The summed E-state index contributed by atoms with van der Waals surface area (Å²) in [7, 11) is 1.84. The molecule has 5 N–H and O–H groups in total. The first-order valence-corrected chi connectivity index (χ1v) is 10.5. The van der Waals surface area contributed by atoms with Gasteiger partial charge < -0.3 is 16.2 Å². The molecule has 0 aliphatic rings. The van der Waals surface area contributed by atoms with E-state index in [-0.39, 0.29) is 18.0 Å². The van der Waals surface area contributed by atoms with Crippen LogP contribution in [-0.4, -0.2) is 35.9 Å². The van der Waals surface area contributed by atoms with E-state index in [0.717, 1.165) is 27.7 Å². The van der Waals surface area contributed by atoms with E-state index >= 15 is 0 Å². The van der Waals surface area contributed by atoms with E-state index in [2.05, 4.69) is 25.3 Å². The van der Waals surface area contributed by atoms with Gasteiger partial charge in [0.25, 0.3) is 5.91 Å². The summed E-state index contributed by atoms with van der Waals surface area (Å²) in [4.78, 5) is 21.2. The Balaban J connectivity index is 1.60. The van der Waals surface area contributed by atoms with Gasteiger partial charge in [-0.1, -0.05) is 12.1 Å². The molecule has 0 unspecified atom stereocenters. The van der Waals surface area contributed by atoms with Crippen LogP contribution in [-0.2, 0) is 13.7 Å². The zero-order valence-electron chi connectivity index (χ0n) is 18.6. The van der Waals surface area contributed by atoms with E-state index in [1.807, 2.05) is 38.4 Å². The predicted molar refractivity (Wildman–Crippen MR) is 128 cm³/mol. The van der Waals surface area contributed by atoms with Gasteiger partial charge in [-0.3, -0.25) is 14.6 Å². The first kappa shape index (κ1) is 21.1. The van der Waals surface area contributed by atoms with Crippen molar-refractivity contribution in [1.82, 2.24) is 29.9 Å². The summed E-state index contributed by atoms with van der Waals surface area (Å²) >= 11 is 0. The molecule has 4 aromatic heterocycles. The second kappa shape index (κ2) is 8.32. The van der Waals surface area contributed by atoms with E-state index in [1.54, 1.807) is 35.1 Å². The van der Waals surface area contributed by atoms with Gasteiger partial charge in [0.05, 0.1) is 34.5 Å². The largest absolute Gasteiger partial charge is 0.471 e. The number of hydrogen-bond donors (Lipinski definition) is 3. The molecule has 0 fully saturated rings. The molecule has 1 amide bonds. The highest BCUT2D eigenvalue weighted by Gasteiger charge is 2.20. The number of benzene rings is 1. The third-order valence-corrected chi connectivity index (χ3v) is 5.52. The SMILES string of the molecule is Cc1ccc2[nH]ncc2c1-c1cc(-c2cccc(OCc3ccn(C)n3)n2)nc(C(N)=O)c1N. The number of anilines is 1. The van der Waals surface area contributed by atoms with Crippen LogP contribution >= 0.6 is 0 Å². The topological polar surface area (TPSA) is 151 Å². The molecule has 0 radical (unpaired) electrons. The molecule has 5 aromatic rings. The quantitative estimate of drug-likeness (QED) is 0.357. The summed E-state index contributed by atoms with van der Waals surface area (Å²) in [6, 6.07) is 12.9. The molecule has 0 spiro atoms. The van der Waals surface area contributed by atoms with Crippen molar-refractivity contribution in [3.05, 3.63) is 71.8 Å². The van der Waals surface area contributed by atoms with Crippen LogP contribution in [0.5, 0.6) is 5.88 Å². The number of aryl methyl sites for hydroxylation is 2. The minimum atomic E-state index is -0.722. The molecule has 10 nitrogen and oxygen atoms in total. The molecule has 5 rings (SSSR count). The van der Waals surface area contributed by atoms with Crippen LogP contribution < -0.4 is 16.2 Å². The lowest BCUT2D eigenvalue weighted by Gasteiger charge is -2.15. The number of rotatable bonds is 6. The Kier molecular flexibility index (Phi) is 5.17. The van der Waals surface area contributed by atoms with Crippen LogP contribution in [0.4, 0.5) is 5.69 Å². The van der Waals surface area contributed by atoms with Crippen molar-refractivity contribution < 1.29 is 9.53 Å². The highest BCUT2D eigenvalue weighted by molar-refractivity contribution is 6.05. The van der Waals surface area contributed by atoms with Gasteiger partial charge >= 0.3 is 0 Å². The number of carbonyl (C=O) groups excluding carboxylic acids is 1. The maximum Gasteiger partial charge on any atom is 0.269 e. The lowest BCUT2D eigenvalue weighted by atomic mass is 9.94. The number of hydrogen-bond acceptors (Lipinski definition) is 7. The number of H-pyrrole nitrogens is 1. The standard InChI is InChI=1S/C24H22N8O2/c1-13-6-7-17-16(11-27-30-17)21(13)15-10-19(29-23(22(15)25)24(26)33)18-4-3-5-20(28-18)34-12-14-8-9-32(2)31-14/h3-11H,12,25H2,1-2H3,(H2,26,33)(H,27,30). The number of primary amides is 1. The first-order chi connectivity index (χ1) is 16.4. The van der Waals surface area contributed by atoms with E-state index < -0.39 is 5.91 Å². The Bertz CT molecular complexity index is 1540. The third-order valence-electron chi connectivity index (χ3n) is 5.52. The van der Waals surface area contributed by atoms with Gasteiger partial charge in [0.2, 0.25) is 5.88 Å². The minimum absolute atomic E-state index is 0.0194. The highest BCUT2D eigenvalue weighted by Crippen LogP contribution is 2.37.